The lowest BCUT2D eigenvalue weighted by Gasteiger charge is -2.34. The fourth-order valence-electron chi connectivity index (χ4n) is 8.04. The van der Waals surface area contributed by atoms with Gasteiger partial charge >= 0.3 is 6.01 Å². The highest BCUT2D eigenvalue weighted by molar-refractivity contribution is 6.07. The molecule has 0 saturated carbocycles. The predicted molar refractivity (Wildman–Crippen MR) is 156 cm³/mol. The molecule has 41 heavy (non-hydrogen) atoms. The third-order valence-corrected chi connectivity index (χ3v) is 9.97. The van der Waals surface area contributed by atoms with E-state index in [1.165, 1.54) is 18.9 Å². The molecule has 8 nitrogen and oxygen atoms in total. The van der Waals surface area contributed by atoms with Gasteiger partial charge in [0.1, 0.15) is 30.0 Å². The molecule has 4 saturated heterocycles. The number of aromatic nitrogens is 2. The van der Waals surface area contributed by atoms with E-state index >= 15 is 4.39 Å². The molecule has 8 rings (SSSR count). The molecule has 2 atom stereocenters. The molecule has 6 heterocycles. The molecule has 0 amide bonds. The van der Waals surface area contributed by atoms with Crippen molar-refractivity contribution in [2.24, 2.45) is 0 Å². The Morgan fingerprint density at radius 2 is 1.88 bits per heavy atom. The largest absolute Gasteiger partial charge is 0.508 e. The van der Waals surface area contributed by atoms with Gasteiger partial charge in [-0.2, -0.15) is 9.97 Å². The third-order valence-electron chi connectivity index (χ3n) is 9.97. The third kappa shape index (κ3) is 4.07. The van der Waals surface area contributed by atoms with E-state index in [0.29, 0.717) is 58.9 Å². The summed E-state index contributed by atoms with van der Waals surface area (Å²) in [6.45, 7) is 6.46. The van der Waals surface area contributed by atoms with Gasteiger partial charge in [-0.1, -0.05) is 13.0 Å². The Bertz CT molecular complexity index is 1630. The summed E-state index contributed by atoms with van der Waals surface area (Å²) in [5.74, 6) is 0.599. The van der Waals surface area contributed by atoms with Gasteiger partial charge in [0.05, 0.1) is 5.54 Å². The van der Waals surface area contributed by atoms with E-state index < -0.39 is 0 Å². The number of fused-ring (bicyclic) bond motifs is 5. The number of piperazine rings is 1. The number of nitrogens with zero attached hydrogens (tertiary/aromatic N) is 4. The smallest absolute Gasteiger partial charge is 0.319 e. The molecular formula is C32H36FN5O3. The SMILES string of the molecule is CCc1c(F)ccc2cc(O)cc(-c3coc4c(N5CC6CCC(C5)N6)nc(OCC56CCCN5CCC6)nc34)c12. The highest BCUT2D eigenvalue weighted by atomic mass is 19.1. The quantitative estimate of drug-likeness (QED) is 0.326. The molecule has 4 fully saturated rings. The van der Waals surface area contributed by atoms with Gasteiger partial charge in [0.25, 0.3) is 0 Å². The minimum absolute atomic E-state index is 0.0703. The lowest BCUT2D eigenvalue weighted by atomic mass is 9.93. The van der Waals surface area contributed by atoms with Crippen LogP contribution in [0.5, 0.6) is 11.8 Å². The highest BCUT2D eigenvalue weighted by Crippen LogP contribution is 2.43. The Hall–Kier alpha value is -3.43. The first-order valence-electron chi connectivity index (χ1n) is 15.1. The van der Waals surface area contributed by atoms with Gasteiger partial charge in [-0.15, -0.1) is 0 Å². The Labute approximate surface area is 238 Å². The number of halogens is 1. The van der Waals surface area contributed by atoms with E-state index in [9.17, 15) is 5.11 Å². The van der Waals surface area contributed by atoms with Crippen molar-refractivity contribution in [3.8, 4) is 22.9 Å². The van der Waals surface area contributed by atoms with Gasteiger partial charge in [-0.05, 0) is 98.1 Å². The monoisotopic (exact) mass is 557 g/mol. The molecule has 214 valence electrons. The van der Waals surface area contributed by atoms with Crippen LogP contribution < -0.4 is 15.0 Å². The van der Waals surface area contributed by atoms with E-state index in [1.54, 1.807) is 24.5 Å². The van der Waals surface area contributed by atoms with Crippen LogP contribution in [-0.2, 0) is 6.42 Å². The van der Waals surface area contributed by atoms with Crippen LogP contribution in [0.4, 0.5) is 10.2 Å². The lowest BCUT2D eigenvalue weighted by molar-refractivity contribution is 0.108. The summed E-state index contributed by atoms with van der Waals surface area (Å²) in [4.78, 5) is 14.8. The van der Waals surface area contributed by atoms with Crippen molar-refractivity contribution in [2.75, 3.05) is 37.7 Å². The molecular weight excluding hydrogens is 521 g/mol. The van der Waals surface area contributed by atoms with Crippen molar-refractivity contribution >= 4 is 27.7 Å². The zero-order valence-electron chi connectivity index (χ0n) is 23.5. The van der Waals surface area contributed by atoms with E-state index in [0.717, 1.165) is 68.5 Å². The average Bonchev–Trinajstić information content (AvgIpc) is 3.74. The first kappa shape index (κ1) is 25.3. The molecule has 2 aromatic carbocycles. The van der Waals surface area contributed by atoms with Gasteiger partial charge in [0.2, 0.25) is 0 Å². The molecule has 4 aromatic rings. The van der Waals surface area contributed by atoms with Crippen molar-refractivity contribution in [2.45, 2.75) is 69.5 Å². The average molecular weight is 558 g/mol. The van der Waals surface area contributed by atoms with Crippen LogP contribution in [0, 0.1) is 5.82 Å². The van der Waals surface area contributed by atoms with Gasteiger partial charge in [0.15, 0.2) is 11.4 Å². The molecule has 9 heteroatoms. The van der Waals surface area contributed by atoms with Crippen molar-refractivity contribution in [3.05, 3.63) is 41.9 Å². The number of furan rings is 1. The van der Waals surface area contributed by atoms with Crippen molar-refractivity contribution < 1.29 is 18.7 Å². The van der Waals surface area contributed by atoms with Crippen LogP contribution in [-0.4, -0.2) is 70.4 Å². The summed E-state index contributed by atoms with van der Waals surface area (Å²) in [7, 11) is 0. The van der Waals surface area contributed by atoms with Crippen LogP contribution in [0.1, 0.15) is 51.0 Å². The first-order valence-corrected chi connectivity index (χ1v) is 15.1. The fourth-order valence-corrected chi connectivity index (χ4v) is 8.04. The zero-order valence-corrected chi connectivity index (χ0v) is 23.5. The van der Waals surface area contributed by atoms with Crippen LogP contribution in [0.3, 0.4) is 0 Å². The molecule has 2 aromatic heterocycles. The topological polar surface area (TPSA) is 86.9 Å². The zero-order chi connectivity index (χ0) is 27.7. The molecule has 0 radical (unpaired) electrons. The molecule has 4 aliphatic rings. The van der Waals surface area contributed by atoms with Crippen molar-refractivity contribution in [1.82, 2.24) is 20.2 Å². The number of phenols is 1. The maximum absolute atomic E-state index is 15.0. The Morgan fingerprint density at radius 3 is 2.63 bits per heavy atom. The summed E-state index contributed by atoms with van der Waals surface area (Å²) >= 11 is 0. The molecule has 2 bridgehead atoms. The van der Waals surface area contributed by atoms with Crippen LogP contribution >= 0.6 is 0 Å². The van der Waals surface area contributed by atoms with E-state index in [2.05, 4.69) is 15.1 Å². The van der Waals surface area contributed by atoms with Gasteiger partial charge in [-0.3, -0.25) is 4.90 Å². The fraction of sp³-hybridized carbons (Fsp3) is 0.500. The molecule has 2 unspecified atom stereocenters. The second-order valence-corrected chi connectivity index (χ2v) is 12.4. The number of aromatic hydroxyl groups is 1. The number of ether oxygens (including phenoxy) is 1. The normalized spacial score (nSPS) is 23.6. The summed E-state index contributed by atoms with van der Waals surface area (Å²) in [6.07, 6.45) is 9.18. The molecule has 2 N–H and O–H groups in total. The Morgan fingerprint density at radius 1 is 1.10 bits per heavy atom. The van der Waals surface area contributed by atoms with E-state index in [1.807, 2.05) is 6.92 Å². The van der Waals surface area contributed by atoms with E-state index in [4.69, 9.17) is 19.1 Å². The minimum atomic E-state index is -0.257. The number of hydrogen-bond donors (Lipinski definition) is 2. The van der Waals surface area contributed by atoms with Crippen LogP contribution in [0.2, 0.25) is 0 Å². The van der Waals surface area contributed by atoms with Gasteiger partial charge in [-0.25, -0.2) is 4.39 Å². The van der Waals surface area contributed by atoms with Crippen molar-refractivity contribution in [3.63, 3.8) is 0 Å². The second kappa shape index (κ2) is 9.56. The highest BCUT2D eigenvalue weighted by Gasteiger charge is 2.45. The standard InChI is InChI=1S/C32H36FN5O3/c1-2-23-26(33)8-5-19-13-22(39)14-24(27(19)23)25-17-40-29-28(25)35-31(41-18-32-9-3-11-38(32)12-4-10-32)36-30(29)37-15-20-6-7-21(16-37)34-20/h5,8,13-14,17,20-21,34,39H,2-4,6-7,9-12,15-16,18H2,1H3. The maximum atomic E-state index is 15.0. The second-order valence-electron chi connectivity index (χ2n) is 12.4. The van der Waals surface area contributed by atoms with Gasteiger partial charge in [0, 0.05) is 30.7 Å². The summed E-state index contributed by atoms with van der Waals surface area (Å²) in [5.41, 5.74) is 3.30. The number of rotatable bonds is 6. The summed E-state index contributed by atoms with van der Waals surface area (Å²) in [5, 5.41) is 15.9. The van der Waals surface area contributed by atoms with E-state index in [-0.39, 0.29) is 17.1 Å². The summed E-state index contributed by atoms with van der Waals surface area (Å²) in [6, 6.07) is 7.75. The minimum Gasteiger partial charge on any atom is -0.508 e. The van der Waals surface area contributed by atoms with Gasteiger partial charge < -0.3 is 24.5 Å². The predicted octanol–water partition coefficient (Wildman–Crippen LogP) is 5.40. The van der Waals surface area contributed by atoms with Crippen LogP contribution in [0.25, 0.3) is 33.0 Å². The Balaban J connectivity index is 1.28. The van der Waals surface area contributed by atoms with Crippen LogP contribution in [0.15, 0.2) is 34.9 Å². The number of benzene rings is 2. The molecule has 0 spiro atoms. The first-order chi connectivity index (χ1) is 20.0. The number of aryl methyl sites for hydroxylation is 1. The maximum Gasteiger partial charge on any atom is 0.319 e. The number of phenolic OH excluding ortho intramolecular Hbond substituents is 1. The van der Waals surface area contributed by atoms with Crippen molar-refractivity contribution in [1.29, 1.82) is 0 Å². The number of hydrogen-bond acceptors (Lipinski definition) is 8. The molecule has 4 aliphatic heterocycles. The lowest BCUT2D eigenvalue weighted by Crippen LogP contribution is -2.51. The molecule has 0 aliphatic carbocycles. The summed E-state index contributed by atoms with van der Waals surface area (Å²) < 4.78 is 27.7. The number of anilines is 1. The number of nitrogens with one attached hydrogen (secondary N) is 1. The Kier molecular flexibility index (Phi) is 5.90.